The maximum Gasteiger partial charge on any atom is 0.334 e. The summed E-state index contributed by atoms with van der Waals surface area (Å²) < 4.78 is 6.10. The number of urea groups is 1. The number of nitrogens with zero attached hydrogens (tertiary/aromatic N) is 2. The predicted octanol–water partition coefficient (Wildman–Crippen LogP) is 2.60. The van der Waals surface area contributed by atoms with Gasteiger partial charge in [0.25, 0.3) is 0 Å². The monoisotopic (exact) mass is 287 g/mol. The van der Waals surface area contributed by atoms with Crippen molar-refractivity contribution in [2.75, 3.05) is 7.05 Å². The first-order valence-corrected chi connectivity index (χ1v) is 7.45. The molecule has 3 unspecified atom stereocenters. The van der Waals surface area contributed by atoms with Gasteiger partial charge in [0, 0.05) is 7.05 Å². The molecule has 2 saturated carbocycles. The van der Waals surface area contributed by atoms with Gasteiger partial charge in [0.05, 0.1) is 6.21 Å². The lowest BCUT2D eigenvalue weighted by Gasteiger charge is -2.23. The molecule has 2 bridgehead atoms. The van der Waals surface area contributed by atoms with Gasteiger partial charge in [0.15, 0.2) is 0 Å². The number of hydrazone groups is 1. The molecule has 5 nitrogen and oxygen atoms in total. The number of carbonyl (C=O) groups excluding carboxylic acids is 1. The van der Waals surface area contributed by atoms with E-state index in [1.165, 1.54) is 32.7 Å². The fourth-order valence-corrected chi connectivity index (χ4v) is 3.35. The van der Waals surface area contributed by atoms with Crippen LogP contribution < -0.4 is 10.5 Å². The van der Waals surface area contributed by atoms with E-state index in [-0.39, 0.29) is 0 Å². The van der Waals surface area contributed by atoms with Crippen LogP contribution in [0.1, 0.15) is 31.2 Å². The Morgan fingerprint density at radius 3 is 2.67 bits per heavy atom. The van der Waals surface area contributed by atoms with Gasteiger partial charge in [-0.2, -0.15) is 5.10 Å². The second kappa shape index (κ2) is 5.76. The number of hydrogen-bond acceptors (Lipinski definition) is 3. The van der Waals surface area contributed by atoms with Crippen molar-refractivity contribution in [2.45, 2.75) is 31.8 Å². The lowest BCUT2D eigenvalue weighted by molar-refractivity contribution is 0.138. The minimum Gasteiger partial charge on any atom is -0.490 e. The molecule has 1 aromatic carbocycles. The van der Waals surface area contributed by atoms with Crippen LogP contribution in [-0.4, -0.2) is 30.4 Å². The molecule has 0 heterocycles. The summed E-state index contributed by atoms with van der Waals surface area (Å²) in [5.74, 6) is 2.55. The molecule has 0 aliphatic heterocycles. The zero-order valence-electron chi connectivity index (χ0n) is 12.2. The molecule has 3 rings (SSSR count). The summed E-state index contributed by atoms with van der Waals surface area (Å²) >= 11 is 0. The summed E-state index contributed by atoms with van der Waals surface area (Å²) in [6.45, 7) is 0. The summed E-state index contributed by atoms with van der Waals surface area (Å²) in [5, 5.41) is 5.05. The normalized spacial score (nSPS) is 27.2. The maximum atomic E-state index is 10.8. The molecular weight excluding hydrogens is 266 g/mol. The van der Waals surface area contributed by atoms with Crippen molar-refractivity contribution in [3.8, 4) is 5.75 Å². The molecule has 0 saturated heterocycles. The van der Waals surface area contributed by atoms with Crippen LogP contribution in [-0.2, 0) is 0 Å². The number of hydrogen-bond donors (Lipinski definition) is 1. The van der Waals surface area contributed by atoms with Crippen LogP contribution in [0.2, 0.25) is 0 Å². The van der Waals surface area contributed by atoms with Crippen LogP contribution >= 0.6 is 0 Å². The van der Waals surface area contributed by atoms with Gasteiger partial charge in [-0.25, -0.2) is 9.80 Å². The Bertz CT molecular complexity index is 541. The standard InChI is InChI=1S/C16H21N3O2/c1-19(16(17)20)18-10-11-3-6-14(7-4-11)21-15-9-12-2-5-13(15)8-12/h3-4,6-7,10,12-13,15H,2,5,8-9H2,1H3,(H2,17,20). The lowest BCUT2D eigenvalue weighted by Crippen LogP contribution is -2.27. The summed E-state index contributed by atoms with van der Waals surface area (Å²) in [5.41, 5.74) is 6.00. The molecule has 112 valence electrons. The van der Waals surface area contributed by atoms with Gasteiger partial charge in [-0.05, 0) is 67.3 Å². The van der Waals surface area contributed by atoms with Crippen molar-refractivity contribution in [3.63, 3.8) is 0 Å². The topological polar surface area (TPSA) is 67.9 Å². The van der Waals surface area contributed by atoms with Crippen LogP contribution in [0, 0.1) is 11.8 Å². The van der Waals surface area contributed by atoms with E-state index < -0.39 is 6.03 Å². The smallest absolute Gasteiger partial charge is 0.334 e. The number of amides is 2. The average molecular weight is 287 g/mol. The number of fused-ring (bicyclic) bond motifs is 2. The van der Waals surface area contributed by atoms with Crippen LogP contribution in [0.25, 0.3) is 0 Å². The number of ether oxygens (including phenoxy) is 1. The molecule has 5 heteroatoms. The molecule has 3 atom stereocenters. The fraction of sp³-hybridized carbons (Fsp3) is 0.500. The van der Waals surface area contributed by atoms with E-state index in [1.54, 1.807) is 6.21 Å². The second-order valence-electron chi connectivity index (χ2n) is 6.01. The van der Waals surface area contributed by atoms with Crippen molar-refractivity contribution in [2.24, 2.45) is 22.7 Å². The molecule has 21 heavy (non-hydrogen) atoms. The third-order valence-corrected chi connectivity index (χ3v) is 4.54. The molecule has 0 aromatic heterocycles. The number of primary amides is 1. The zero-order valence-corrected chi connectivity index (χ0v) is 12.2. The lowest BCUT2D eigenvalue weighted by atomic mass is 9.98. The molecule has 2 N–H and O–H groups in total. The first-order chi connectivity index (χ1) is 10.1. The number of carbonyl (C=O) groups is 1. The van der Waals surface area contributed by atoms with Gasteiger partial charge >= 0.3 is 6.03 Å². The highest BCUT2D eigenvalue weighted by molar-refractivity contribution is 5.81. The third kappa shape index (κ3) is 3.17. The highest BCUT2D eigenvalue weighted by Crippen LogP contribution is 2.45. The molecule has 0 radical (unpaired) electrons. The predicted molar refractivity (Wildman–Crippen MR) is 81.2 cm³/mol. The van der Waals surface area contributed by atoms with Gasteiger partial charge in [0.1, 0.15) is 11.9 Å². The van der Waals surface area contributed by atoms with Gasteiger partial charge < -0.3 is 10.5 Å². The third-order valence-electron chi connectivity index (χ3n) is 4.54. The van der Waals surface area contributed by atoms with Gasteiger partial charge in [-0.15, -0.1) is 0 Å². The Balaban J connectivity index is 1.58. The summed E-state index contributed by atoms with van der Waals surface area (Å²) in [4.78, 5) is 10.8. The molecule has 2 aliphatic rings. The largest absolute Gasteiger partial charge is 0.490 e. The van der Waals surface area contributed by atoms with Crippen molar-refractivity contribution >= 4 is 12.2 Å². The first kappa shape index (κ1) is 13.9. The summed E-state index contributed by atoms with van der Waals surface area (Å²) in [6, 6.07) is 7.19. The highest BCUT2D eigenvalue weighted by atomic mass is 16.5. The quantitative estimate of drug-likeness (QED) is 0.683. The van der Waals surface area contributed by atoms with Crippen molar-refractivity contribution in [3.05, 3.63) is 29.8 Å². The Morgan fingerprint density at radius 1 is 1.33 bits per heavy atom. The Kier molecular flexibility index (Phi) is 3.82. The van der Waals surface area contributed by atoms with Gasteiger partial charge in [-0.1, -0.05) is 0 Å². The van der Waals surface area contributed by atoms with E-state index in [0.29, 0.717) is 6.10 Å². The Hall–Kier alpha value is -2.04. The van der Waals surface area contributed by atoms with Crippen LogP contribution in [0.3, 0.4) is 0 Å². The van der Waals surface area contributed by atoms with Gasteiger partial charge in [0.2, 0.25) is 0 Å². The average Bonchev–Trinajstić information content (AvgIpc) is 3.08. The minimum absolute atomic E-state index is 0.393. The highest BCUT2D eigenvalue weighted by Gasteiger charge is 2.40. The minimum atomic E-state index is -0.581. The SMILES string of the molecule is CN(N=Cc1ccc(OC2CC3CCC2C3)cc1)C(N)=O. The van der Waals surface area contributed by atoms with Crippen LogP contribution in [0.15, 0.2) is 29.4 Å². The fourth-order valence-electron chi connectivity index (χ4n) is 3.35. The summed E-state index contributed by atoms with van der Waals surface area (Å²) in [7, 11) is 1.52. The Morgan fingerprint density at radius 2 is 2.10 bits per heavy atom. The number of nitrogens with two attached hydrogens (primary N) is 1. The van der Waals surface area contributed by atoms with E-state index >= 15 is 0 Å². The van der Waals surface area contributed by atoms with E-state index in [9.17, 15) is 4.79 Å². The van der Waals surface area contributed by atoms with Crippen molar-refractivity contribution in [1.82, 2.24) is 5.01 Å². The van der Waals surface area contributed by atoms with Crippen LogP contribution in [0.4, 0.5) is 4.79 Å². The van der Waals surface area contributed by atoms with E-state index in [4.69, 9.17) is 10.5 Å². The maximum absolute atomic E-state index is 10.8. The van der Waals surface area contributed by atoms with Crippen molar-refractivity contribution in [1.29, 1.82) is 0 Å². The molecule has 1 aromatic rings. The second-order valence-corrected chi connectivity index (χ2v) is 6.01. The Labute approximate surface area is 124 Å². The van der Waals surface area contributed by atoms with E-state index in [2.05, 4.69) is 5.10 Å². The molecule has 2 fully saturated rings. The van der Waals surface area contributed by atoms with E-state index in [0.717, 1.165) is 28.2 Å². The molecule has 2 amide bonds. The van der Waals surface area contributed by atoms with E-state index in [1.807, 2.05) is 24.3 Å². The number of rotatable bonds is 4. The molecule has 0 spiro atoms. The summed E-state index contributed by atoms with van der Waals surface area (Å²) in [6.07, 6.45) is 7.25. The molecular formula is C16H21N3O2. The zero-order chi connectivity index (χ0) is 14.8. The van der Waals surface area contributed by atoms with Crippen LogP contribution in [0.5, 0.6) is 5.75 Å². The molecule has 2 aliphatic carbocycles. The number of benzene rings is 1. The first-order valence-electron chi connectivity index (χ1n) is 7.45. The van der Waals surface area contributed by atoms with Crippen molar-refractivity contribution < 1.29 is 9.53 Å². The van der Waals surface area contributed by atoms with Gasteiger partial charge in [-0.3, -0.25) is 0 Å².